The van der Waals surface area contributed by atoms with Crippen LogP contribution in [-0.4, -0.2) is 45.0 Å². The van der Waals surface area contributed by atoms with Crippen LogP contribution in [0.5, 0.6) is 0 Å². The summed E-state index contributed by atoms with van der Waals surface area (Å²) in [6.07, 6.45) is 2.16. The zero-order valence-electron chi connectivity index (χ0n) is 12.9. The maximum atomic E-state index is 11.2. The van der Waals surface area contributed by atoms with E-state index in [1.165, 1.54) is 11.1 Å². The molecule has 0 aliphatic rings. The van der Waals surface area contributed by atoms with Gasteiger partial charge in [-0.15, -0.1) is 11.3 Å². The predicted molar refractivity (Wildman–Crippen MR) is 86.4 cm³/mol. The molecule has 1 rings (SSSR count). The number of rotatable bonds is 8. The SMILES string of the molecule is CCc1nc(N(C)CCS(C)(=O)=O)sc1CNC(C)C. The van der Waals surface area contributed by atoms with E-state index in [1.807, 2.05) is 11.9 Å². The van der Waals surface area contributed by atoms with Gasteiger partial charge in [0.1, 0.15) is 9.84 Å². The van der Waals surface area contributed by atoms with Crippen LogP contribution >= 0.6 is 11.3 Å². The minimum absolute atomic E-state index is 0.157. The summed E-state index contributed by atoms with van der Waals surface area (Å²) in [7, 11) is -1.04. The van der Waals surface area contributed by atoms with Crippen molar-refractivity contribution in [1.29, 1.82) is 0 Å². The van der Waals surface area contributed by atoms with Crippen molar-refractivity contribution < 1.29 is 8.42 Å². The number of hydrogen-bond donors (Lipinski definition) is 1. The minimum Gasteiger partial charge on any atom is -0.350 e. The zero-order valence-corrected chi connectivity index (χ0v) is 14.6. The fourth-order valence-electron chi connectivity index (χ4n) is 1.64. The smallest absolute Gasteiger partial charge is 0.185 e. The summed E-state index contributed by atoms with van der Waals surface area (Å²) in [4.78, 5) is 7.78. The van der Waals surface area contributed by atoms with E-state index < -0.39 is 9.84 Å². The van der Waals surface area contributed by atoms with Gasteiger partial charge in [-0.2, -0.15) is 0 Å². The number of nitrogens with zero attached hydrogens (tertiary/aromatic N) is 2. The Hall–Kier alpha value is -0.660. The van der Waals surface area contributed by atoms with Crippen molar-refractivity contribution in [2.24, 2.45) is 0 Å². The second-order valence-electron chi connectivity index (χ2n) is 5.31. The van der Waals surface area contributed by atoms with Crippen LogP contribution in [0.3, 0.4) is 0 Å². The van der Waals surface area contributed by atoms with E-state index in [0.29, 0.717) is 12.6 Å². The molecule has 0 atom stereocenters. The van der Waals surface area contributed by atoms with Gasteiger partial charge in [0.05, 0.1) is 11.4 Å². The van der Waals surface area contributed by atoms with Gasteiger partial charge in [0, 0.05) is 37.3 Å². The number of hydrogen-bond acceptors (Lipinski definition) is 6. The van der Waals surface area contributed by atoms with Crippen LogP contribution in [0, 0.1) is 0 Å². The number of nitrogens with one attached hydrogen (secondary N) is 1. The summed E-state index contributed by atoms with van der Waals surface area (Å²) in [6.45, 7) is 7.62. The van der Waals surface area contributed by atoms with Crippen molar-refractivity contribution >= 4 is 26.3 Å². The molecule has 0 bridgehead atoms. The largest absolute Gasteiger partial charge is 0.350 e. The third-order valence-corrected chi connectivity index (χ3v) is 5.03. The quantitative estimate of drug-likeness (QED) is 0.790. The molecule has 1 aromatic rings. The van der Waals surface area contributed by atoms with Crippen molar-refractivity contribution in [3.8, 4) is 0 Å². The Balaban J connectivity index is 2.75. The molecular weight excluding hydrogens is 294 g/mol. The molecule has 0 aliphatic carbocycles. The first-order chi connectivity index (χ1) is 9.23. The van der Waals surface area contributed by atoms with Crippen LogP contribution in [0.2, 0.25) is 0 Å². The lowest BCUT2D eigenvalue weighted by molar-refractivity contribution is 0.590. The summed E-state index contributed by atoms with van der Waals surface area (Å²) in [5.74, 6) is 0.157. The van der Waals surface area contributed by atoms with E-state index in [4.69, 9.17) is 0 Å². The van der Waals surface area contributed by atoms with Gasteiger partial charge in [-0.3, -0.25) is 0 Å². The first-order valence-electron chi connectivity index (χ1n) is 6.83. The molecule has 0 amide bonds. The van der Waals surface area contributed by atoms with Crippen LogP contribution in [-0.2, 0) is 22.8 Å². The van der Waals surface area contributed by atoms with Gasteiger partial charge in [0.15, 0.2) is 5.13 Å². The lowest BCUT2D eigenvalue weighted by atomic mass is 10.3. The number of sulfone groups is 1. The highest BCUT2D eigenvalue weighted by Gasteiger charge is 2.14. The van der Waals surface area contributed by atoms with Crippen molar-refractivity contribution in [3.63, 3.8) is 0 Å². The summed E-state index contributed by atoms with van der Waals surface area (Å²) >= 11 is 1.64. The van der Waals surface area contributed by atoms with Crippen molar-refractivity contribution in [3.05, 3.63) is 10.6 Å². The normalized spacial score (nSPS) is 12.1. The summed E-state index contributed by atoms with van der Waals surface area (Å²) in [5, 5.41) is 4.30. The van der Waals surface area contributed by atoms with E-state index in [-0.39, 0.29) is 5.75 Å². The van der Waals surface area contributed by atoms with Crippen molar-refractivity contribution in [1.82, 2.24) is 10.3 Å². The van der Waals surface area contributed by atoms with E-state index in [2.05, 4.69) is 31.1 Å². The van der Waals surface area contributed by atoms with Gasteiger partial charge in [-0.25, -0.2) is 13.4 Å². The van der Waals surface area contributed by atoms with Gasteiger partial charge < -0.3 is 10.2 Å². The van der Waals surface area contributed by atoms with Crippen LogP contribution < -0.4 is 10.2 Å². The zero-order chi connectivity index (χ0) is 15.3. The topological polar surface area (TPSA) is 62.3 Å². The monoisotopic (exact) mass is 319 g/mol. The van der Waals surface area contributed by atoms with Crippen LogP contribution in [0.1, 0.15) is 31.3 Å². The molecule has 0 spiro atoms. The van der Waals surface area contributed by atoms with Crippen LogP contribution in [0.4, 0.5) is 5.13 Å². The van der Waals surface area contributed by atoms with Gasteiger partial charge in [-0.1, -0.05) is 20.8 Å². The predicted octanol–water partition coefficient (Wildman–Crippen LogP) is 1.68. The molecule has 116 valence electrons. The highest BCUT2D eigenvalue weighted by molar-refractivity contribution is 7.90. The van der Waals surface area contributed by atoms with Gasteiger partial charge >= 0.3 is 0 Å². The summed E-state index contributed by atoms with van der Waals surface area (Å²) < 4.78 is 22.4. The Morgan fingerprint density at radius 3 is 2.55 bits per heavy atom. The minimum atomic E-state index is -2.93. The van der Waals surface area contributed by atoms with E-state index in [0.717, 1.165) is 23.8 Å². The third kappa shape index (κ3) is 5.76. The molecule has 1 N–H and O–H groups in total. The summed E-state index contributed by atoms with van der Waals surface area (Å²) in [5.41, 5.74) is 1.10. The Kier molecular flexibility index (Phi) is 6.42. The molecule has 1 aromatic heterocycles. The number of thiazole rings is 1. The molecule has 5 nitrogen and oxygen atoms in total. The maximum absolute atomic E-state index is 11.2. The molecule has 0 aliphatic heterocycles. The fraction of sp³-hybridized carbons (Fsp3) is 0.769. The number of aromatic nitrogens is 1. The summed E-state index contributed by atoms with van der Waals surface area (Å²) in [6, 6.07) is 0.438. The fourth-order valence-corrected chi connectivity index (χ4v) is 3.33. The molecule has 0 aromatic carbocycles. The van der Waals surface area contributed by atoms with Gasteiger partial charge in [-0.05, 0) is 6.42 Å². The number of anilines is 1. The molecule has 20 heavy (non-hydrogen) atoms. The lowest BCUT2D eigenvalue weighted by Gasteiger charge is -2.14. The molecular formula is C13H25N3O2S2. The Labute approximate surface area is 126 Å². The Morgan fingerprint density at radius 2 is 2.05 bits per heavy atom. The third-order valence-electron chi connectivity index (χ3n) is 2.90. The van der Waals surface area contributed by atoms with E-state index >= 15 is 0 Å². The Morgan fingerprint density at radius 1 is 1.40 bits per heavy atom. The first kappa shape index (κ1) is 17.4. The highest BCUT2D eigenvalue weighted by atomic mass is 32.2. The average molecular weight is 319 g/mol. The van der Waals surface area contributed by atoms with Crippen LogP contribution in [0.15, 0.2) is 0 Å². The molecule has 1 heterocycles. The van der Waals surface area contributed by atoms with Crippen LogP contribution in [0.25, 0.3) is 0 Å². The van der Waals surface area contributed by atoms with Crippen molar-refractivity contribution in [2.75, 3.05) is 30.5 Å². The van der Waals surface area contributed by atoms with Gasteiger partial charge in [0.25, 0.3) is 0 Å². The molecule has 7 heteroatoms. The lowest BCUT2D eigenvalue weighted by Crippen LogP contribution is -2.24. The second kappa shape index (κ2) is 7.38. The van der Waals surface area contributed by atoms with E-state index in [1.54, 1.807) is 11.3 Å². The van der Waals surface area contributed by atoms with Gasteiger partial charge in [0.2, 0.25) is 0 Å². The molecule has 0 unspecified atom stereocenters. The standard InChI is InChI=1S/C13H25N3O2S2/c1-6-11-12(9-14-10(2)3)19-13(15-11)16(4)7-8-20(5,17)18/h10,14H,6-9H2,1-5H3. The van der Waals surface area contributed by atoms with E-state index in [9.17, 15) is 8.42 Å². The maximum Gasteiger partial charge on any atom is 0.185 e. The molecule has 0 radical (unpaired) electrons. The number of aryl methyl sites for hydroxylation is 1. The Bertz CT molecular complexity index is 524. The molecule has 0 saturated carbocycles. The molecule has 0 fully saturated rings. The highest BCUT2D eigenvalue weighted by Crippen LogP contribution is 2.26. The van der Waals surface area contributed by atoms with Crippen molar-refractivity contribution in [2.45, 2.75) is 39.8 Å². The molecule has 0 saturated heterocycles. The first-order valence-corrected chi connectivity index (χ1v) is 9.71. The second-order valence-corrected chi connectivity index (χ2v) is 8.63. The average Bonchev–Trinajstić information content (AvgIpc) is 2.75.